The van der Waals surface area contributed by atoms with E-state index in [-0.39, 0.29) is 0 Å². The van der Waals surface area contributed by atoms with Crippen LogP contribution in [0, 0.1) is 0 Å². The van der Waals surface area contributed by atoms with Crippen LogP contribution < -0.4 is 4.74 Å². The molecule has 0 radical (unpaired) electrons. The van der Waals surface area contributed by atoms with Crippen molar-refractivity contribution in [1.29, 1.82) is 0 Å². The highest BCUT2D eigenvalue weighted by Crippen LogP contribution is 2.22. The van der Waals surface area contributed by atoms with E-state index in [1.54, 1.807) is 18.3 Å². The summed E-state index contributed by atoms with van der Waals surface area (Å²) in [4.78, 5) is 18.2. The molecule has 78 valence electrons. The van der Waals surface area contributed by atoms with Gasteiger partial charge in [-0.05, 0) is 12.1 Å². The number of nitrogens with zero attached hydrogens (tertiary/aromatic N) is 1. The van der Waals surface area contributed by atoms with Crippen LogP contribution >= 0.6 is 0 Å². The molecule has 0 aliphatic carbocycles. The van der Waals surface area contributed by atoms with Crippen molar-refractivity contribution < 1.29 is 14.3 Å². The zero-order chi connectivity index (χ0) is 10.8. The molecule has 0 atom stereocenters. The Morgan fingerprint density at radius 3 is 2.93 bits per heavy atom. The van der Waals surface area contributed by atoms with Crippen molar-refractivity contribution in [3.63, 3.8) is 0 Å². The van der Waals surface area contributed by atoms with Gasteiger partial charge in [0, 0.05) is 11.6 Å². The SMILES string of the molecule is COC(=O)c1cc2ccnc(OC)c2[nH]1. The number of methoxy groups -OCH3 is 2. The summed E-state index contributed by atoms with van der Waals surface area (Å²) in [6, 6.07) is 3.49. The van der Waals surface area contributed by atoms with Crippen LogP contribution in [-0.2, 0) is 4.74 Å². The highest BCUT2D eigenvalue weighted by atomic mass is 16.5. The van der Waals surface area contributed by atoms with Gasteiger partial charge in [-0.1, -0.05) is 0 Å². The minimum Gasteiger partial charge on any atom is -0.479 e. The van der Waals surface area contributed by atoms with Crippen molar-refractivity contribution in [2.24, 2.45) is 0 Å². The van der Waals surface area contributed by atoms with E-state index in [4.69, 9.17) is 4.74 Å². The predicted molar refractivity (Wildman–Crippen MR) is 54.0 cm³/mol. The van der Waals surface area contributed by atoms with Crippen molar-refractivity contribution in [2.45, 2.75) is 0 Å². The summed E-state index contributed by atoms with van der Waals surface area (Å²) in [7, 11) is 2.86. The van der Waals surface area contributed by atoms with Crippen LogP contribution in [0.25, 0.3) is 10.9 Å². The molecule has 2 rings (SSSR count). The standard InChI is InChI=1S/C10H10N2O3/c1-14-9-8-6(3-4-11-9)5-7(12-8)10(13)15-2/h3-5,12H,1-2H3. The van der Waals surface area contributed by atoms with Crippen LogP contribution in [-0.4, -0.2) is 30.2 Å². The van der Waals surface area contributed by atoms with E-state index in [0.717, 1.165) is 5.39 Å². The van der Waals surface area contributed by atoms with Gasteiger partial charge in [0.2, 0.25) is 5.88 Å². The summed E-state index contributed by atoms with van der Waals surface area (Å²) >= 11 is 0. The molecule has 5 nitrogen and oxygen atoms in total. The highest BCUT2D eigenvalue weighted by Gasteiger charge is 2.12. The fourth-order valence-electron chi connectivity index (χ4n) is 1.40. The van der Waals surface area contributed by atoms with Crippen LogP contribution in [0.5, 0.6) is 5.88 Å². The number of hydrogen-bond acceptors (Lipinski definition) is 4. The number of ether oxygens (including phenoxy) is 2. The molecule has 1 N–H and O–H groups in total. The van der Waals surface area contributed by atoms with E-state index in [1.165, 1.54) is 14.2 Å². The number of rotatable bonds is 2. The van der Waals surface area contributed by atoms with Crippen LogP contribution in [0.2, 0.25) is 0 Å². The quantitative estimate of drug-likeness (QED) is 0.753. The summed E-state index contributed by atoms with van der Waals surface area (Å²) in [6.45, 7) is 0. The van der Waals surface area contributed by atoms with Crippen LogP contribution in [0.15, 0.2) is 18.3 Å². The second kappa shape index (κ2) is 3.61. The van der Waals surface area contributed by atoms with E-state index in [9.17, 15) is 4.79 Å². The maximum Gasteiger partial charge on any atom is 0.354 e. The van der Waals surface area contributed by atoms with E-state index in [2.05, 4.69) is 14.7 Å². The zero-order valence-corrected chi connectivity index (χ0v) is 8.40. The summed E-state index contributed by atoms with van der Waals surface area (Å²) in [5.41, 5.74) is 1.08. The normalized spacial score (nSPS) is 10.3. The van der Waals surface area contributed by atoms with Gasteiger partial charge in [-0.3, -0.25) is 0 Å². The molecule has 0 unspecified atom stereocenters. The van der Waals surface area contributed by atoms with Crippen molar-refractivity contribution in [3.05, 3.63) is 24.0 Å². The first-order valence-corrected chi connectivity index (χ1v) is 4.36. The molecule has 2 aromatic heterocycles. The molecule has 0 bridgehead atoms. The van der Waals surface area contributed by atoms with Crippen LogP contribution in [0.1, 0.15) is 10.5 Å². The lowest BCUT2D eigenvalue weighted by atomic mass is 10.3. The van der Waals surface area contributed by atoms with Crippen molar-refractivity contribution in [1.82, 2.24) is 9.97 Å². The molecule has 0 saturated heterocycles. The van der Waals surface area contributed by atoms with Crippen molar-refractivity contribution in [2.75, 3.05) is 14.2 Å². The Morgan fingerprint density at radius 2 is 2.27 bits per heavy atom. The Labute approximate surface area is 86.0 Å². The molecule has 2 aromatic rings. The van der Waals surface area contributed by atoms with Crippen molar-refractivity contribution >= 4 is 16.9 Å². The minimum absolute atomic E-state index is 0.388. The third-order valence-corrected chi connectivity index (χ3v) is 2.11. The van der Waals surface area contributed by atoms with Gasteiger partial charge in [0.25, 0.3) is 0 Å². The molecule has 0 aromatic carbocycles. The zero-order valence-electron chi connectivity index (χ0n) is 8.40. The van der Waals surface area contributed by atoms with Gasteiger partial charge < -0.3 is 14.5 Å². The highest BCUT2D eigenvalue weighted by molar-refractivity contribution is 5.96. The maximum absolute atomic E-state index is 11.3. The average Bonchev–Trinajstić information content (AvgIpc) is 2.71. The van der Waals surface area contributed by atoms with Gasteiger partial charge in [0.05, 0.1) is 14.2 Å². The first-order valence-electron chi connectivity index (χ1n) is 4.36. The fourth-order valence-corrected chi connectivity index (χ4v) is 1.40. The third kappa shape index (κ3) is 1.52. The number of H-pyrrole nitrogens is 1. The van der Waals surface area contributed by atoms with Gasteiger partial charge in [-0.2, -0.15) is 0 Å². The summed E-state index contributed by atoms with van der Waals surface area (Å²) in [6.07, 6.45) is 1.62. The maximum atomic E-state index is 11.3. The number of aromatic nitrogens is 2. The number of pyridine rings is 1. The second-order valence-corrected chi connectivity index (χ2v) is 2.96. The topological polar surface area (TPSA) is 64.2 Å². The first kappa shape index (κ1) is 9.51. The summed E-state index contributed by atoms with van der Waals surface area (Å²) in [5, 5.41) is 0.863. The van der Waals surface area contributed by atoms with Gasteiger partial charge in [0.1, 0.15) is 11.2 Å². The van der Waals surface area contributed by atoms with Gasteiger partial charge in [0.15, 0.2) is 0 Å². The number of fused-ring (bicyclic) bond motifs is 1. The molecule has 0 spiro atoms. The number of nitrogens with one attached hydrogen (secondary N) is 1. The second-order valence-electron chi connectivity index (χ2n) is 2.96. The van der Waals surface area contributed by atoms with Crippen molar-refractivity contribution in [3.8, 4) is 5.88 Å². The molecular weight excluding hydrogens is 196 g/mol. The van der Waals surface area contributed by atoms with E-state index in [1.807, 2.05) is 0 Å². The van der Waals surface area contributed by atoms with E-state index in [0.29, 0.717) is 17.1 Å². The Balaban J connectivity index is 2.60. The van der Waals surface area contributed by atoms with E-state index < -0.39 is 5.97 Å². The molecule has 0 amide bonds. The molecule has 2 heterocycles. The van der Waals surface area contributed by atoms with Gasteiger partial charge >= 0.3 is 5.97 Å². The Morgan fingerprint density at radius 1 is 1.47 bits per heavy atom. The molecule has 0 aliphatic rings. The summed E-state index contributed by atoms with van der Waals surface area (Å²) < 4.78 is 9.67. The smallest absolute Gasteiger partial charge is 0.354 e. The largest absolute Gasteiger partial charge is 0.479 e. The monoisotopic (exact) mass is 206 g/mol. The number of carbonyl (C=O) groups excluding carboxylic acids is 1. The van der Waals surface area contributed by atoms with Gasteiger partial charge in [-0.25, -0.2) is 9.78 Å². The van der Waals surface area contributed by atoms with Crippen LogP contribution in [0.4, 0.5) is 0 Å². The Kier molecular flexibility index (Phi) is 2.29. The lowest BCUT2D eigenvalue weighted by Crippen LogP contribution is -2.00. The third-order valence-electron chi connectivity index (χ3n) is 2.11. The molecule has 0 saturated carbocycles. The first-order chi connectivity index (χ1) is 7.26. The Hall–Kier alpha value is -2.04. The molecular formula is C10H10N2O3. The average molecular weight is 206 g/mol. The number of esters is 1. The lowest BCUT2D eigenvalue weighted by Gasteiger charge is -1.98. The molecule has 0 fully saturated rings. The number of aromatic amines is 1. The summed E-state index contributed by atoms with van der Waals surface area (Å²) in [5.74, 6) is 0.0518. The molecule has 0 aliphatic heterocycles. The number of hydrogen-bond donors (Lipinski definition) is 1. The number of carbonyl (C=O) groups is 1. The lowest BCUT2D eigenvalue weighted by molar-refractivity contribution is 0.0595. The molecule has 5 heteroatoms. The molecule has 15 heavy (non-hydrogen) atoms. The predicted octanol–water partition coefficient (Wildman–Crippen LogP) is 1.36. The van der Waals surface area contributed by atoms with Gasteiger partial charge in [-0.15, -0.1) is 0 Å². The Bertz CT molecular complexity index is 504. The van der Waals surface area contributed by atoms with Crippen LogP contribution in [0.3, 0.4) is 0 Å². The van der Waals surface area contributed by atoms with E-state index >= 15 is 0 Å². The fraction of sp³-hybridized carbons (Fsp3) is 0.200. The minimum atomic E-state index is -0.409.